The molecule has 0 saturated carbocycles. The molecule has 4 rings (SSSR count). The average molecular weight is 406 g/mol. The van der Waals surface area contributed by atoms with E-state index in [1.807, 2.05) is 49.4 Å². The van der Waals surface area contributed by atoms with Gasteiger partial charge in [0, 0.05) is 17.9 Å². The molecule has 3 aromatic rings. The van der Waals surface area contributed by atoms with Gasteiger partial charge in [0.05, 0.1) is 18.5 Å². The molecular weight excluding hydrogens is 384 g/mol. The number of fused-ring (bicyclic) bond motifs is 1. The molecule has 0 bridgehead atoms. The van der Waals surface area contributed by atoms with Crippen molar-refractivity contribution in [1.29, 1.82) is 0 Å². The van der Waals surface area contributed by atoms with Gasteiger partial charge in [-0.1, -0.05) is 24.3 Å². The monoisotopic (exact) mass is 406 g/mol. The number of amides is 2. The van der Waals surface area contributed by atoms with Gasteiger partial charge in [-0.15, -0.1) is 0 Å². The number of carbonyl (C=O) groups excluding carboxylic acids is 2. The van der Waals surface area contributed by atoms with Crippen LogP contribution < -0.4 is 20.5 Å². The summed E-state index contributed by atoms with van der Waals surface area (Å²) in [6.07, 6.45) is 0.291. The predicted molar refractivity (Wildman–Crippen MR) is 111 cm³/mol. The van der Waals surface area contributed by atoms with Gasteiger partial charge < -0.3 is 20.5 Å². The summed E-state index contributed by atoms with van der Waals surface area (Å²) >= 11 is 0. The summed E-state index contributed by atoms with van der Waals surface area (Å²) in [6, 6.07) is 15.1. The lowest BCUT2D eigenvalue weighted by Gasteiger charge is -2.25. The van der Waals surface area contributed by atoms with Crippen molar-refractivity contribution in [3.63, 3.8) is 0 Å². The minimum Gasteiger partial charge on any atom is -0.493 e. The maximum Gasteiger partial charge on any atom is 0.255 e. The number of primary amides is 1. The zero-order chi connectivity index (χ0) is 21.3. The van der Waals surface area contributed by atoms with E-state index in [4.69, 9.17) is 15.2 Å². The number of nitrogens with two attached hydrogens (primary N) is 1. The number of aromatic nitrogens is 2. The molecule has 1 aliphatic heterocycles. The van der Waals surface area contributed by atoms with E-state index < -0.39 is 5.91 Å². The summed E-state index contributed by atoms with van der Waals surface area (Å²) < 4.78 is 12.6. The number of carbonyl (C=O) groups is 2. The molecule has 1 aromatic heterocycles. The van der Waals surface area contributed by atoms with Crippen molar-refractivity contribution in [2.75, 3.05) is 19.0 Å². The van der Waals surface area contributed by atoms with Crippen LogP contribution in [0.25, 0.3) is 5.69 Å². The second-order valence-corrected chi connectivity index (χ2v) is 7.07. The van der Waals surface area contributed by atoms with Gasteiger partial charge in [-0.25, -0.2) is 4.68 Å². The first kappa shape index (κ1) is 19.5. The number of nitrogens with zero attached hydrogens (tertiary/aromatic N) is 2. The smallest absolute Gasteiger partial charge is 0.255 e. The third-order valence-corrected chi connectivity index (χ3v) is 5.06. The molecule has 30 heavy (non-hydrogen) atoms. The number of ether oxygens (including phenoxy) is 2. The van der Waals surface area contributed by atoms with Gasteiger partial charge in [0.25, 0.3) is 5.91 Å². The zero-order valence-electron chi connectivity index (χ0n) is 16.7. The van der Waals surface area contributed by atoms with E-state index in [0.29, 0.717) is 23.7 Å². The molecule has 0 fully saturated rings. The summed E-state index contributed by atoms with van der Waals surface area (Å²) in [7, 11) is 1.52. The molecule has 2 amide bonds. The molecule has 0 spiro atoms. The molecule has 0 aliphatic carbocycles. The molecule has 8 nitrogen and oxygen atoms in total. The number of aryl methyl sites for hydroxylation is 1. The number of anilines is 1. The number of nitrogens with one attached hydrogen (secondary N) is 1. The van der Waals surface area contributed by atoms with Crippen LogP contribution in [0.4, 0.5) is 5.82 Å². The molecule has 8 heteroatoms. The van der Waals surface area contributed by atoms with E-state index in [9.17, 15) is 9.59 Å². The number of benzene rings is 2. The summed E-state index contributed by atoms with van der Waals surface area (Å²) in [5.41, 5.74) is 8.72. The third kappa shape index (κ3) is 3.59. The van der Waals surface area contributed by atoms with Crippen molar-refractivity contribution in [3.8, 4) is 17.2 Å². The lowest BCUT2D eigenvalue weighted by molar-refractivity contribution is -0.120. The fourth-order valence-electron chi connectivity index (χ4n) is 3.76. The van der Waals surface area contributed by atoms with Crippen molar-refractivity contribution in [2.24, 2.45) is 5.73 Å². The van der Waals surface area contributed by atoms with Crippen molar-refractivity contribution in [3.05, 3.63) is 65.4 Å². The summed E-state index contributed by atoms with van der Waals surface area (Å²) in [5.74, 6) is 0.709. The number of para-hydroxylation sites is 1. The van der Waals surface area contributed by atoms with Crippen molar-refractivity contribution in [1.82, 2.24) is 9.78 Å². The molecule has 0 radical (unpaired) electrons. The van der Waals surface area contributed by atoms with Crippen LogP contribution in [0.2, 0.25) is 0 Å². The Labute approximate surface area is 173 Å². The number of methoxy groups -OCH3 is 1. The summed E-state index contributed by atoms with van der Waals surface area (Å²) in [4.78, 5) is 23.6. The van der Waals surface area contributed by atoms with Gasteiger partial charge in [-0.3, -0.25) is 9.59 Å². The quantitative estimate of drug-likeness (QED) is 0.654. The first-order chi connectivity index (χ1) is 14.5. The van der Waals surface area contributed by atoms with Gasteiger partial charge in [-0.05, 0) is 36.8 Å². The number of rotatable bonds is 6. The normalized spacial score (nSPS) is 15.3. The van der Waals surface area contributed by atoms with E-state index in [1.54, 1.807) is 10.7 Å². The first-order valence-corrected chi connectivity index (χ1v) is 9.51. The third-order valence-electron chi connectivity index (χ3n) is 5.06. The molecule has 2 aromatic carbocycles. The maximum atomic E-state index is 12.5. The fourth-order valence-corrected chi connectivity index (χ4v) is 3.76. The minimum absolute atomic E-state index is 0.0856. The largest absolute Gasteiger partial charge is 0.493 e. The Hall–Kier alpha value is -3.81. The molecular formula is C22H22N4O4. The number of hydrogen-bond donors (Lipinski definition) is 2. The van der Waals surface area contributed by atoms with Gasteiger partial charge >= 0.3 is 0 Å². The Morgan fingerprint density at radius 3 is 2.70 bits per heavy atom. The van der Waals surface area contributed by atoms with Crippen LogP contribution in [0.5, 0.6) is 11.5 Å². The Kier molecular flexibility index (Phi) is 5.14. The Bertz CT molecular complexity index is 1110. The van der Waals surface area contributed by atoms with Crippen LogP contribution in [0.15, 0.2) is 48.5 Å². The SMILES string of the molecule is COc1cc(C2CC(=O)Nc3c2c(C)nn3-c2ccccc2)ccc1OCC(N)=O. The van der Waals surface area contributed by atoms with Crippen molar-refractivity contribution < 1.29 is 19.1 Å². The van der Waals surface area contributed by atoms with Gasteiger partial charge in [-0.2, -0.15) is 5.10 Å². The van der Waals surface area contributed by atoms with Crippen LogP contribution in [0.1, 0.15) is 29.2 Å². The molecule has 3 N–H and O–H groups in total. The fraction of sp³-hybridized carbons (Fsp3) is 0.227. The average Bonchev–Trinajstić information content (AvgIpc) is 3.08. The second-order valence-electron chi connectivity index (χ2n) is 7.07. The Morgan fingerprint density at radius 2 is 2.00 bits per heavy atom. The van der Waals surface area contributed by atoms with Crippen LogP contribution in [0.3, 0.4) is 0 Å². The second kappa shape index (κ2) is 7.90. The molecule has 2 heterocycles. The first-order valence-electron chi connectivity index (χ1n) is 9.51. The predicted octanol–water partition coefficient (Wildman–Crippen LogP) is 2.53. The van der Waals surface area contributed by atoms with Gasteiger partial charge in [0.15, 0.2) is 18.1 Å². The van der Waals surface area contributed by atoms with Crippen LogP contribution in [-0.4, -0.2) is 35.3 Å². The highest BCUT2D eigenvalue weighted by atomic mass is 16.5. The highest BCUT2D eigenvalue weighted by Crippen LogP contribution is 2.42. The van der Waals surface area contributed by atoms with E-state index in [0.717, 1.165) is 22.5 Å². The molecule has 0 saturated heterocycles. The Balaban J connectivity index is 1.76. The Morgan fingerprint density at radius 1 is 1.23 bits per heavy atom. The minimum atomic E-state index is -0.571. The lowest BCUT2D eigenvalue weighted by atomic mass is 9.85. The standard InChI is InChI=1S/C22H22N4O4/c1-13-21-16(14-8-9-17(18(10-14)29-2)30-12-19(23)27)11-20(28)24-22(21)26(25-13)15-6-4-3-5-7-15/h3-10,16H,11-12H2,1-2H3,(H2,23,27)(H,24,28). The molecule has 1 atom stereocenters. The number of hydrogen-bond acceptors (Lipinski definition) is 5. The van der Waals surface area contributed by atoms with Crippen molar-refractivity contribution >= 4 is 17.6 Å². The maximum absolute atomic E-state index is 12.5. The summed E-state index contributed by atoms with van der Waals surface area (Å²) in [5, 5.41) is 7.65. The van der Waals surface area contributed by atoms with Crippen LogP contribution in [-0.2, 0) is 9.59 Å². The van der Waals surface area contributed by atoms with E-state index in [1.165, 1.54) is 7.11 Å². The van der Waals surface area contributed by atoms with Gasteiger partial charge in [0.2, 0.25) is 5.91 Å². The molecule has 1 aliphatic rings. The van der Waals surface area contributed by atoms with Gasteiger partial charge in [0.1, 0.15) is 5.82 Å². The van der Waals surface area contributed by atoms with E-state index in [2.05, 4.69) is 10.4 Å². The van der Waals surface area contributed by atoms with Crippen LogP contribution in [0, 0.1) is 6.92 Å². The van der Waals surface area contributed by atoms with E-state index in [-0.39, 0.29) is 18.4 Å². The van der Waals surface area contributed by atoms with Crippen molar-refractivity contribution in [2.45, 2.75) is 19.3 Å². The highest BCUT2D eigenvalue weighted by molar-refractivity contribution is 5.95. The van der Waals surface area contributed by atoms with Crippen LogP contribution >= 0.6 is 0 Å². The molecule has 1 unspecified atom stereocenters. The lowest BCUT2D eigenvalue weighted by Crippen LogP contribution is -2.25. The topological polar surface area (TPSA) is 108 Å². The highest BCUT2D eigenvalue weighted by Gasteiger charge is 2.33. The van der Waals surface area contributed by atoms with E-state index >= 15 is 0 Å². The zero-order valence-corrected chi connectivity index (χ0v) is 16.7. The summed E-state index contributed by atoms with van der Waals surface area (Å²) in [6.45, 7) is 1.69. The molecule has 154 valence electrons.